The van der Waals surface area contributed by atoms with Gasteiger partial charge in [0, 0.05) is 19.0 Å². The number of carbonyl (C=O) groups is 1. The van der Waals surface area contributed by atoms with E-state index in [0.717, 1.165) is 62.8 Å². The van der Waals surface area contributed by atoms with Gasteiger partial charge in [-0.3, -0.25) is 4.79 Å². The Morgan fingerprint density at radius 2 is 1.70 bits per heavy atom. The molecule has 0 bridgehead atoms. The van der Waals surface area contributed by atoms with Gasteiger partial charge in [-0.1, -0.05) is 37.5 Å². The summed E-state index contributed by atoms with van der Waals surface area (Å²) in [7, 11) is 0. The molecule has 1 heterocycles. The highest BCUT2D eigenvalue weighted by Gasteiger charge is 2.27. The van der Waals surface area contributed by atoms with Crippen LogP contribution in [0, 0.1) is 5.92 Å². The van der Waals surface area contributed by atoms with Gasteiger partial charge in [0.25, 0.3) is 0 Å². The standard InChI is InChI=1S/C22H33NO4/c24-19-13-15-23(22(26)18-10-2-1-3-11-18)14-7-6-9-17-8-4-5-12-21(17)27-16-20(19)25/h4-5,8,12,18-20,24-25H,1-3,6-7,9-11,13-16H2/t19-,20+/m0/s1. The molecule has 1 aliphatic carbocycles. The van der Waals surface area contributed by atoms with Crippen LogP contribution in [0.1, 0.15) is 56.9 Å². The number of carbonyl (C=O) groups excluding carboxylic acids is 1. The van der Waals surface area contributed by atoms with Gasteiger partial charge in [-0.15, -0.1) is 0 Å². The molecular formula is C22H33NO4. The zero-order chi connectivity index (χ0) is 19.1. The van der Waals surface area contributed by atoms with Crippen LogP contribution in [0.2, 0.25) is 0 Å². The van der Waals surface area contributed by atoms with Gasteiger partial charge in [-0.25, -0.2) is 0 Å². The summed E-state index contributed by atoms with van der Waals surface area (Å²) < 4.78 is 5.76. The molecule has 2 N–H and O–H groups in total. The minimum atomic E-state index is -0.953. The van der Waals surface area contributed by atoms with Crippen molar-refractivity contribution in [3.63, 3.8) is 0 Å². The molecule has 27 heavy (non-hydrogen) atoms. The number of fused-ring (bicyclic) bond motifs is 1. The Bertz CT molecular complexity index is 600. The van der Waals surface area contributed by atoms with E-state index < -0.39 is 12.2 Å². The van der Waals surface area contributed by atoms with Crippen LogP contribution in [-0.2, 0) is 11.2 Å². The number of aliphatic hydroxyl groups excluding tert-OH is 2. The number of aryl methyl sites for hydroxylation is 1. The third kappa shape index (κ3) is 5.69. The topological polar surface area (TPSA) is 70.0 Å². The maximum atomic E-state index is 13.0. The van der Waals surface area contributed by atoms with Crippen LogP contribution in [0.4, 0.5) is 0 Å². The van der Waals surface area contributed by atoms with Gasteiger partial charge < -0.3 is 19.8 Å². The fraction of sp³-hybridized carbons (Fsp3) is 0.682. The number of nitrogens with zero attached hydrogens (tertiary/aromatic N) is 1. The second-order valence-electron chi connectivity index (χ2n) is 7.96. The molecule has 1 amide bonds. The molecule has 0 unspecified atom stereocenters. The fourth-order valence-corrected chi connectivity index (χ4v) is 4.18. The maximum Gasteiger partial charge on any atom is 0.225 e. The molecular weight excluding hydrogens is 342 g/mol. The minimum absolute atomic E-state index is 0.0642. The molecule has 1 saturated carbocycles. The molecule has 1 aromatic rings. The molecule has 0 spiro atoms. The van der Waals surface area contributed by atoms with E-state index in [9.17, 15) is 15.0 Å². The largest absolute Gasteiger partial charge is 0.491 e. The van der Waals surface area contributed by atoms with E-state index in [2.05, 4.69) is 0 Å². The van der Waals surface area contributed by atoms with Crippen LogP contribution in [0.3, 0.4) is 0 Å². The van der Waals surface area contributed by atoms with Crippen LogP contribution in [0.25, 0.3) is 0 Å². The minimum Gasteiger partial charge on any atom is -0.491 e. The van der Waals surface area contributed by atoms with Gasteiger partial charge in [0.15, 0.2) is 0 Å². The first-order valence-electron chi connectivity index (χ1n) is 10.5. The number of aliphatic hydroxyl groups is 2. The van der Waals surface area contributed by atoms with Gasteiger partial charge in [0.2, 0.25) is 5.91 Å². The average molecular weight is 376 g/mol. The molecule has 2 aliphatic rings. The number of hydrogen-bond donors (Lipinski definition) is 2. The van der Waals surface area contributed by atoms with Crippen molar-refractivity contribution in [2.45, 2.75) is 70.0 Å². The SMILES string of the molecule is O=C(C1CCCCC1)N1CCCCc2ccccc2OC[C@@H](O)[C@@H](O)CC1. The Morgan fingerprint density at radius 1 is 0.926 bits per heavy atom. The molecule has 5 nitrogen and oxygen atoms in total. The first-order valence-corrected chi connectivity index (χ1v) is 10.5. The lowest BCUT2D eigenvalue weighted by Gasteiger charge is -2.30. The van der Waals surface area contributed by atoms with Crippen LogP contribution < -0.4 is 4.74 Å². The van der Waals surface area contributed by atoms with Crippen molar-refractivity contribution in [1.82, 2.24) is 4.90 Å². The molecule has 3 rings (SSSR count). The molecule has 0 aromatic heterocycles. The van der Waals surface area contributed by atoms with E-state index in [4.69, 9.17) is 4.74 Å². The molecule has 1 aliphatic heterocycles. The van der Waals surface area contributed by atoms with E-state index in [1.165, 1.54) is 6.42 Å². The zero-order valence-corrected chi connectivity index (χ0v) is 16.2. The third-order valence-electron chi connectivity index (χ3n) is 5.91. The van der Waals surface area contributed by atoms with Crippen molar-refractivity contribution >= 4 is 5.91 Å². The van der Waals surface area contributed by atoms with Gasteiger partial charge in [0.05, 0.1) is 6.10 Å². The van der Waals surface area contributed by atoms with Crippen molar-refractivity contribution in [1.29, 1.82) is 0 Å². The zero-order valence-electron chi connectivity index (χ0n) is 16.2. The highest BCUT2D eigenvalue weighted by atomic mass is 16.5. The summed E-state index contributed by atoms with van der Waals surface area (Å²) in [6.45, 7) is 1.29. The third-order valence-corrected chi connectivity index (χ3v) is 5.91. The Hall–Kier alpha value is -1.59. The summed E-state index contributed by atoms with van der Waals surface area (Å²) in [4.78, 5) is 14.9. The van der Waals surface area contributed by atoms with E-state index >= 15 is 0 Å². The fourth-order valence-electron chi connectivity index (χ4n) is 4.18. The van der Waals surface area contributed by atoms with Gasteiger partial charge in [0.1, 0.15) is 18.5 Å². The quantitative estimate of drug-likeness (QED) is 0.792. The van der Waals surface area contributed by atoms with E-state index in [1.807, 2.05) is 29.2 Å². The first kappa shape index (κ1) is 20.2. The Balaban J connectivity index is 1.68. The van der Waals surface area contributed by atoms with Crippen molar-refractivity contribution < 1.29 is 19.7 Å². The molecule has 1 aromatic carbocycles. The number of ether oxygens (including phenoxy) is 1. The number of para-hydroxylation sites is 1. The lowest BCUT2D eigenvalue weighted by Crippen LogP contribution is -2.41. The summed E-state index contributed by atoms with van der Waals surface area (Å²) in [6.07, 6.45) is 6.83. The normalized spacial score (nSPS) is 26.1. The van der Waals surface area contributed by atoms with Gasteiger partial charge in [-0.05, 0) is 50.2 Å². The van der Waals surface area contributed by atoms with Crippen molar-refractivity contribution in [3.05, 3.63) is 29.8 Å². The average Bonchev–Trinajstić information content (AvgIpc) is 2.72. The van der Waals surface area contributed by atoms with Crippen molar-refractivity contribution in [2.24, 2.45) is 5.92 Å². The van der Waals surface area contributed by atoms with E-state index in [0.29, 0.717) is 13.0 Å². The highest BCUT2D eigenvalue weighted by molar-refractivity contribution is 5.78. The molecule has 1 fully saturated rings. The molecule has 150 valence electrons. The monoisotopic (exact) mass is 375 g/mol. The maximum absolute atomic E-state index is 13.0. The van der Waals surface area contributed by atoms with Gasteiger partial charge in [-0.2, -0.15) is 0 Å². The summed E-state index contributed by atoms with van der Waals surface area (Å²) in [5, 5.41) is 20.6. The first-order chi connectivity index (χ1) is 13.1. The summed E-state index contributed by atoms with van der Waals surface area (Å²) in [5.41, 5.74) is 1.11. The van der Waals surface area contributed by atoms with Gasteiger partial charge >= 0.3 is 0 Å². The lowest BCUT2D eigenvalue weighted by molar-refractivity contribution is -0.137. The highest BCUT2D eigenvalue weighted by Crippen LogP contribution is 2.26. The second kappa shape index (κ2) is 10.1. The number of amides is 1. The number of rotatable bonds is 1. The Morgan fingerprint density at radius 3 is 2.52 bits per heavy atom. The predicted molar refractivity (Wildman–Crippen MR) is 105 cm³/mol. The number of benzene rings is 1. The second-order valence-corrected chi connectivity index (χ2v) is 7.96. The Labute approximate surface area is 162 Å². The summed E-state index contributed by atoms with van der Waals surface area (Å²) >= 11 is 0. The predicted octanol–water partition coefficient (Wildman–Crippen LogP) is 2.92. The van der Waals surface area contributed by atoms with Crippen LogP contribution in [-0.4, -0.2) is 52.9 Å². The van der Waals surface area contributed by atoms with E-state index in [1.54, 1.807) is 0 Å². The van der Waals surface area contributed by atoms with Crippen LogP contribution in [0.15, 0.2) is 24.3 Å². The Kier molecular flexibility index (Phi) is 7.53. The molecule has 5 heteroatoms. The van der Waals surface area contributed by atoms with Crippen LogP contribution in [0.5, 0.6) is 5.75 Å². The summed E-state index contributed by atoms with van der Waals surface area (Å²) in [6, 6.07) is 7.87. The smallest absolute Gasteiger partial charge is 0.225 e. The van der Waals surface area contributed by atoms with Crippen molar-refractivity contribution in [2.75, 3.05) is 19.7 Å². The van der Waals surface area contributed by atoms with E-state index in [-0.39, 0.29) is 18.4 Å². The lowest BCUT2D eigenvalue weighted by atomic mass is 9.88. The van der Waals surface area contributed by atoms with Crippen LogP contribution >= 0.6 is 0 Å². The number of hydrogen-bond acceptors (Lipinski definition) is 4. The molecule has 2 atom stereocenters. The molecule has 0 radical (unpaired) electrons. The van der Waals surface area contributed by atoms with Crippen molar-refractivity contribution in [3.8, 4) is 5.75 Å². The molecule has 0 saturated heterocycles. The summed E-state index contributed by atoms with van der Waals surface area (Å²) in [5.74, 6) is 1.15.